The highest BCUT2D eigenvalue weighted by molar-refractivity contribution is 7.42. The molecular formula is C13H21P. The summed E-state index contributed by atoms with van der Waals surface area (Å²) in [5, 5.41) is 1.46. The second-order valence-electron chi connectivity index (χ2n) is 4.61. The fourth-order valence-electron chi connectivity index (χ4n) is 1.57. The number of hydrogen-bond donors (Lipinski definition) is 0. The van der Waals surface area contributed by atoms with E-state index < -0.39 is 0 Å². The summed E-state index contributed by atoms with van der Waals surface area (Å²) >= 11 is 0. The van der Waals surface area contributed by atoms with E-state index in [1.54, 1.807) is 0 Å². The van der Waals surface area contributed by atoms with Crippen LogP contribution in [0.4, 0.5) is 0 Å². The molecule has 1 rings (SSSR count). The molecule has 0 aromatic heterocycles. The molecule has 1 heteroatoms. The molecule has 0 aromatic carbocycles. The summed E-state index contributed by atoms with van der Waals surface area (Å²) < 4.78 is 0. The van der Waals surface area contributed by atoms with Crippen molar-refractivity contribution in [3.63, 3.8) is 0 Å². The lowest BCUT2D eigenvalue weighted by atomic mass is 9.84. The smallest absolute Gasteiger partial charge is 0.0277 e. The molecule has 1 atom stereocenters. The first-order chi connectivity index (χ1) is 6.64. The third kappa shape index (κ3) is 4.24. The van der Waals surface area contributed by atoms with Crippen molar-refractivity contribution in [1.82, 2.24) is 0 Å². The van der Waals surface area contributed by atoms with Crippen LogP contribution in [0.1, 0.15) is 33.1 Å². The molecule has 78 valence electrons. The Morgan fingerprint density at radius 2 is 2.07 bits per heavy atom. The van der Waals surface area contributed by atoms with Gasteiger partial charge in [0.05, 0.1) is 0 Å². The van der Waals surface area contributed by atoms with Crippen molar-refractivity contribution in [2.45, 2.75) is 33.1 Å². The lowest BCUT2D eigenvalue weighted by Gasteiger charge is -2.22. The molecule has 0 aliphatic heterocycles. The van der Waals surface area contributed by atoms with Gasteiger partial charge in [-0.1, -0.05) is 52.8 Å². The fourth-order valence-corrected chi connectivity index (χ4v) is 2.11. The zero-order chi connectivity index (χ0) is 10.4. The van der Waals surface area contributed by atoms with Crippen molar-refractivity contribution >= 4 is 8.58 Å². The molecule has 0 fully saturated rings. The normalized spacial score (nSPS) is 24.9. The topological polar surface area (TPSA) is 0 Å². The van der Waals surface area contributed by atoms with Crippen LogP contribution >= 0.6 is 8.58 Å². The Morgan fingerprint density at radius 3 is 2.79 bits per heavy atom. The fraction of sp³-hybridized carbons (Fsp3) is 0.538. The zero-order valence-electron chi connectivity index (χ0n) is 9.51. The maximum atomic E-state index is 2.35. The third-order valence-corrected chi connectivity index (χ3v) is 3.57. The summed E-state index contributed by atoms with van der Waals surface area (Å²) in [4.78, 5) is 0. The monoisotopic (exact) mass is 208 g/mol. The Kier molecular flexibility index (Phi) is 4.62. The minimum absolute atomic E-state index is 0.459. The van der Waals surface area contributed by atoms with Crippen LogP contribution in [0.25, 0.3) is 0 Å². The van der Waals surface area contributed by atoms with E-state index in [9.17, 15) is 0 Å². The first-order valence-corrected chi connectivity index (χ1v) is 6.85. The molecule has 0 N–H and O–H groups in total. The van der Waals surface area contributed by atoms with E-state index in [1.165, 1.54) is 24.6 Å². The van der Waals surface area contributed by atoms with Gasteiger partial charge in [0.25, 0.3) is 0 Å². The molecule has 0 saturated heterocycles. The zero-order valence-corrected chi connectivity index (χ0v) is 10.5. The highest BCUT2D eigenvalue weighted by atomic mass is 31.1. The van der Waals surface area contributed by atoms with Gasteiger partial charge in [-0.25, -0.2) is 0 Å². The van der Waals surface area contributed by atoms with Crippen LogP contribution in [0.5, 0.6) is 0 Å². The number of hydrogen-bond acceptors (Lipinski definition) is 0. The van der Waals surface area contributed by atoms with E-state index in [4.69, 9.17) is 0 Å². The quantitative estimate of drug-likeness (QED) is 0.556. The molecule has 0 saturated carbocycles. The molecule has 0 amide bonds. The molecule has 0 aromatic rings. The van der Waals surface area contributed by atoms with Crippen molar-refractivity contribution < 1.29 is 0 Å². The summed E-state index contributed by atoms with van der Waals surface area (Å²) in [7, 11) is 0.903. The maximum Gasteiger partial charge on any atom is -0.0277 e. The SMILES string of the molecule is CPC1=C/C=C/CC(C)(C)CCC=C1. The Hall–Kier alpha value is -0.350. The Balaban J connectivity index is 2.72. The highest BCUT2D eigenvalue weighted by Gasteiger charge is 2.14. The predicted octanol–water partition coefficient (Wildman–Crippen LogP) is 4.50. The molecule has 1 aliphatic rings. The van der Waals surface area contributed by atoms with E-state index in [2.05, 4.69) is 50.9 Å². The van der Waals surface area contributed by atoms with E-state index in [0.717, 1.165) is 8.58 Å². The Bertz CT molecular complexity index is 256. The minimum Gasteiger partial charge on any atom is -0.0936 e. The lowest BCUT2D eigenvalue weighted by molar-refractivity contribution is 0.343. The van der Waals surface area contributed by atoms with Crippen LogP contribution in [0.2, 0.25) is 0 Å². The molecule has 1 unspecified atom stereocenters. The van der Waals surface area contributed by atoms with Crippen LogP contribution in [0.3, 0.4) is 0 Å². The molecule has 0 heterocycles. The van der Waals surface area contributed by atoms with Gasteiger partial charge in [0.1, 0.15) is 0 Å². The maximum absolute atomic E-state index is 2.35. The Labute approximate surface area is 90.0 Å². The third-order valence-electron chi connectivity index (χ3n) is 2.66. The molecule has 0 nitrogen and oxygen atoms in total. The summed E-state index contributed by atoms with van der Waals surface area (Å²) in [6.45, 7) is 6.93. The van der Waals surface area contributed by atoms with Crippen molar-refractivity contribution in [2.24, 2.45) is 5.41 Å². The largest absolute Gasteiger partial charge is 0.0936 e. The van der Waals surface area contributed by atoms with Gasteiger partial charge in [-0.2, -0.15) is 0 Å². The van der Waals surface area contributed by atoms with Crippen molar-refractivity contribution in [2.75, 3.05) is 6.66 Å². The van der Waals surface area contributed by atoms with Gasteiger partial charge in [0.15, 0.2) is 0 Å². The van der Waals surface area contributed by atoms with Gasteiger partial charge in [-0.15, -0.1) is 0 Å². The highest BCUT2D eigenvalue weighted by Crippen LogP contribution is 2.29. The van der Waals surface area contributed by atoms with Gasteiger partial charge in [-0.05, 0) is 36.7 Å². The second-order valence-corrected chi connectivity index (χ2v) is 5.69. The minimum atomic E-state index is 0.459. The van der Waals surface area contributed by atoms with Gasteiger partial charge in [0, 0.05) is 0 Å². The summed E-state index contributed by atoms with van der Waals surface area (Å²) in [6, 6.07) is 0. The van der Waals surface area contributed by atoms with Crippen molar-refractivity contribution in [3.05, 3.63) is 35.7 Å². The first kappa shape index (κ1) is 11.7. The second kappa shape index (κ2) is 5.51. The van der Waals surface area contributed by atoms with Crippen LogP contribution in [-0.4, -0.2) is 6.66 Å². The van der Waals surface area contributed by atoms with E-state index in [0.29, 0.717) is 5.41 Å². The first-order valence-electron chi connectivity index (χ1n) is 5.35. The van der Waals surface area contributed by atoms with Crippen LogP contribution in [0, 0.1) is 5.41 Å². The summed E-state index contributed by atoms with van der Waals surface area (Å²) in [5.74, 6) is 0. The predicted molar refractivity (Wildman–Crippen MR) is 68.2 cm³/mol. The lowest BCUT2D eigenvalue weighted by Crippen LogP contribution is -2.09. The number of allylic oxidation sites excluding steroid dienone is 6. The Morgan fingerprint density at radius 1 is 1.29 bits per heavy atom. The molecule has 14 heavy (non-hydrogen) atoms. The molecule has 1 aliphatic carbocycles. The van der Waals surface area contributed by atoms with Crippen molar-refractivity contribution in [1.29, 1.82) is 0 Å². The van der Waals surface area contributed by atoms with Crippen LogP contribution in [0.15, 0.2) is 35.7 Å². The van der Waals surface area contributed by atoms with Crippen molar-refractivity contribution in [3.8, 4) is 0 Å². The van der Waals surface area contributed by atoms with Crippen LogP contribution in [-0.2, 0) is 0 Å². The standard InChI is InChI=1S/C13H21P/c1-13(2)10-6-4-8-12(14-3)9-5-7-11-13/h4-6,8-9,14H,7,10-11H2,1-3H3/b6-4+,9-5?,12-8?. The van der Waals surface area contributed by atoms with Crippen LogP contribution < -0.4 is 0 Å². The number of rotatable bonds is 1. The summed E-state index contributed by atoms with van der Waals surface area (Å²) in [6.07, 6.45) is 15.1. The molecule has 0 spiro atoms. The average molecular weight is 208 g/mol. The van der Waals surface area contributed by atoms with E-state index >= 15 is 0 Å². The van der Waals surface area contributed by atoms with Gasteiger partial charge < -0.3 is 0 Å². The van der Waals surface area contributed by atoms with Gasteiger partial charge in [-0.3, -0.25) is 0 Å². The van der Waals surface area contributed by atoms with E-state index in [1.807, 2.05) is 0 Å². The summed E-state index contributed by atoms with van der Waals surface area (Å²) in [5.41, 5.74) is 0.459. The van der Waals surface area contributed by atoms with Gasteiger partial charge in [0.2, 0.25) is 0 Å². The molecule has 0 radical (unpaired) electrons. The average Bonchev–Trinajstić information content (AvgIpc) is 2.15. The van der Waals surface area contributed by atoms with E-state index in [-0.39, 0.29) is 0 Å². The molecule has 0 bridgehead atoms. The van der Waals surface area contributed by atoms with Gasteiger partial charge >= 0.3 is 0 Å². The molecular weight excluding hydrogens is 187 g/mol.